The fraction of sp³-hybridized carbons (Fsp3) is 0.462. The van der Waals surface area contributed by atoms with E-state index in [1.165, 1.54) is 0 Å². The molecule has 0 radical (unpaired) electrons. The molecule has 1 aromatic carbocycles. The Hall–Kier alpha value is -3.30. The largest absolute Gasteiger partial charge is 0.395 e. The van der Waals surface area contributed by atoms with Crippen LogP contribution in [-0.2, 0) is 6.54 Å². The van der Waals surface area contributed by atoms with Gasteiger partial charge in [-0.3, -0.25) is 9.89 Å². The van der Waals surface area contributed by atoms with Gasteiger partial charge in [0, 0.05) is 51.4 Å². The molecule has 35 heavy (non-hydrogen) atoms. The minimum atomic E-state index is 0.190. The summed E-state index contributed by atoms with van der Waals surface area (Å²) in [4.78, 5) is 18.9. The molecular weight excluding hydrogens is 440 g/mol. The molecule has 0 bridgehead atoms. The quantitative estimate of drug-likeness (QED) is 0.518. The van der Waals surface area contributed by atoms with Gasteiger partial charge in [-0.2, -0.15) is 19.6 Å². The Balaban J connectivity index is 1.37. The van der Waals surface area contributed by atoms with Crippen LogP contribution in [-0.4, -0.2) is 81.2 Å². The van der Waals surface area contributed by atoms with E-state index < -0.39 is 0 Å². The second kappa shape index (κ2) is 10.5. The lowest BCUT2D eigenvalue weighted by molar-refractivity contribution is 0.188. The molecule has 4 heterocycles. The predicted octanol–water partition coefficient (Wildman–Crippen LogP) is 2.72. The van der Waals surface area contributed by atoms with Gasteiger partial charge in [0.25, 0.3) is 0 Å². The Labute approximate surface area is 206 Å². The van der Waals surface area contributed by atoms with Crippen LogP contribution in [0.5, 0.6) is 0 Å². The normalized spacial score (nSPS) is 16.8. The van der Waals surface area contributed by atoms with Gasteiger partial charge in [-0.15, -0.1) is 0 Å². The third kappa shape index (κ3) is 5.21. The topological polar surface area (TPSA) is 94.2 Å². The summed E-state index contributed by atoms with van der Waals surface area (Å²) in [6, 6.07) is 8.53. The van der Waals surface area contributed by atoms with Crippen molar-refractivity contribution < 1.29 is 5.11 Å². The maximum Gasteiger partial charge on any atom is 0.230 e. The molecule has 0 amide bonds. The molecule has 0 spiro atoms. The lowest BCUT2D eigenvalue weighted by Crippen LogP contribution is -2.47. The number of aromatic nitrogens is 4. The number of piperazine rings is 1. The zero-order chi connectivity index (χ0) is 24.2. The van der Waals surface area contributed by atoms with Crippen molar-refractivity contribution in [2.75, 3.05) is 56.1 Å². The number of anilines is 2. The highest BCUT2D eigenvalue weighted by atomic mass is 16.3. The smallest absolute Gasteiger partial charge is 0.230 e. The summed E-state index contributed by atoms with van der Waals surface area (Å²) >= 11 is 0. The maximum atomic E-state index is 9.24. The Morgan fingerprint density at radius 1 is 1.06 bits per heavy atom. The summed E-state index contributed by atoms with van der Waals surface area (Å²) in [6.07, 6.45) is 7.20. The van der Waals surface area contributed by atoms with E-state index in [0.717, 1.165) is 73.1 Å². The van der Waals surface area contributed by atoms with Crippen LogP contribution < -0.4 is 10.2 Å². The van der Waals surface area contributed by atoms with Crippen molar-refractivity contribution in [3.8, 4) is 0 Å². The van der Waals surface area contributed by atoms with Crippen molar-refractivity contribution in [3.05, 3.63) is 59.3 Å². The van der Waals surface area contributed by atoms with E-state index in [9.17, 15) is 5.11 Å². The number of β-amino-alcohol motifs (C(OH)–C–C–N with tert-alkyl or cyclic N) is 1. The molecule has 0 unspecified atom stereocenters. The van der Waals surface area contributed by atoms with Crippen molar-refractivity contribution in [2.24, 2.45) is 4.99 Å². The van der Waals surface area contributed by atoms with Gasteiger partial charge < -0.3 is 15.3 Å². The van der Waals surface area contributed by atoms with E-state index in [0.29, 0.717) is 25.0 Å². The van der Waals surface area contributed by atoms with E-state index in [1.54, 1.807) is 0 Å². The fourth-order valence-corrected chi connectivity index (χ4v) is 4.53. The average Bonchev–Trinajstić information content (AvgIpc) is 3.33. The van der Waals surface area contributed by atoms with Crippen LogP contribution in [0.3, 0.4) is 0 Å². The minimum Gasteiger partial charge on any atom is -0.395 e. The molecule has 2 aromatic heterocycles. The van der Waals surface area contributed by atoms with Crippen LogP contribution in [0.4, 0.5) is 11.9 Å². The summed E-state index contributed by atoms with van der Waals surface area (Å²) < 4.78 is 1.82. The summed E-state index contributed by atoms with van der Waals surface area (Å²) in [6.45, 7) is 10.2. The number of hydrogen-bond acceptors (Lipinski definition) is 8. The molecule has 0 aliphatic carbocycles. The van der Waals surface area contributed by atoms with Crippen LogP contribution in [0.15, 0.2) is 47.6 Å². The van der Waals surface area contributed by atoms with Gasteiger partial charge in [0.2, 0.25) is 11.9 Å². The number of allylic oxidation sites excluding steroid dienone is 1. The molecule has 9 heteroatoms. The van der Waals surface area contributed by atoms with Crippen LogP contribution in [0.25, 0.3) is 5.65 Å². The van der Waals surface area contributed by atoms with E-state index in [2.05, 4.69) is 75.5 Å². The number of aliphatic hydroxyl groups excluding tert-OH is 1. The SMILES string of the molecule is CC(C)c1cnn2c(NCc3ccc(C4=NCCC=C4)cc3)nc(N3CCN(CCO)CC3)nc12. The highest BCUT2D eigenvalue weighted by Crippen LogP contribution is 2.24. The number of fused-ring (bicyclic) bond motifs is 1. The molecule has 2 aliphatic rings. The first-order chi connectivity index (χ1) is 17.1. The lowest BCUT2D eigenvalue weighted by Gasteiger charge is -2.34. The number of hydrogen-bond donors (Lipinski definition) is 2. The Morgan fingerprint density at radius 3 is 2.54 bits per heavy atom. The van der Waals surface area contributed by atoms with Gasteiger partial charge in [-0.1, -0.05) is 44.2 Å². The summed E-state index contributed by atoms with van der Waals surface area (Å²) in [5.74, 6) is 1.73. The molecule has 0 atom stereocenters. The molecule has 184 valence electrons. The van der Waals surface area contributed by atoms with Gasteiger partial charge in [0.1, 0.15) is 0 Å². The lowest BCUT2D eigenvalue weighted by atomic mass is 10.1. The third-order valence-electron chi connectivity index (χ3n) is 6.63. The van der Waals surface area contributed by atoms with E-state index in [4.69, 9.17) is 9.97 Å². The van der Waals surface area contributed by atoms with Crippen LogP contribution in [0.1, 0.15) is 42.9 Å². The standard InChI is InChI=1S/C26H34N8O/c1-19(2)22-18-29-34-24(22)30-26(33-13-11-32(12-14-33)15-16-35)31-25(34)28-17-20-6-8-21(9-7-20)23-5-3-4-10-27-23/h3,5-9,18-19,35H,4,10-17H2,1-2H3,(H,28,30,31). The highest BCUT2D eigenvalue weighted by Gasteiger charge is 2.22. The first-order valence-electron chi connectivity index (χ1n) is 12.5. The van der Waals surface area contributed by atoms with Gasteiger partial charge in [-0.05, 0) is 29.5 Å². The maximum absolute atomic E-state index is 9.24. The van der Waals surface area contributed by atoms with Crippen LogP contribution >= 0.6 is 0 Å². The molecule has 1 fully saturated rings. The molecule has 2 N–H and O–H groups in total. The number of aliphatic hydroxyl groups is 1. The number of aliphatic imine (C=N–C) groups is 1. The van der Waals surface area contributed by atoms with E-state index in [-0.39, 0.29) is 6.61 Å². The second-order valence-corrected chi connectivity index (χ2v) is 9.40. The third-order valence-corrected chi connectivity index (χ3v) is 6.63. The zero-order valence-corrected chi connectivity index (χ0v) is 20.6. The number of benzene rings is 1. The van der Waals surface area contributed by atoms with Gasteiger partial charge in [0.05, 0.1) is 18.5 Å². The summed E-state index contributed by atoms with van der Waals surface area (Å²) in [5, 5.41) is 17.3. The molecular formula is C26H34N8O. The van der Waals surface area contributed by atoms with Gasteiger partial charge in [0.15, 0.2) is 5.65 Å². The van der Waals surface area contributed by atoms with E-state index >= 15 is 0 Å². The second-order valence-electron chi connectivity index (χ2n) is 9.40. The zero-order valence-electron chi connectivity index (χ0n) is 20.6. The van der Waals surface area contributed by atoms with Crippen molar-refractivity contribution in [3.63, 3.8) is 0 Å². The first-order valence-corrected chi connectivity index (χ1v) is 12.5. The molecule has 9 nitrogen and oxygen atoms in total. The minimum absolute atomic E-state index is 0.190. The van der Waals surface area contributed by atoms with Gasteiger partial charge >= 0.3 is 0 Å². The van der Waals surface area contributed by atoms with Gasteiger partial charge in [-0.25, -0.2) is 0 Å². The van der Waals surface area contributed by atoms with E-state index in [1.807, 2.05) is 10.7 Å². The average molecular weight is 475 g/mol. The molecule has 2 aliphatic heterocycles. The number of nitrogens with one attached hydrogen (secondary N) is 1. The molecule has 3 aromatic rings. The molecule has 5 rings (SSSR count). The summed E-state index contributed by atoms with van der Waals surface area (Å²) in [7, 11) is 0. The Bertz CT molecular complexity index is 1210. The van der Waals surface area contributed by atoms with Crippen molar-refractivity contribution in [2.45, 2.75) is 32.7 Å². The molecule has 1 saturated heterocycles. The number of rotatable bonds is 8. The fourth-order valence-electron chi connectivity index (χ4n) is 4.53. The van der Waals surface area contributed by atoms with Crippen LogP contribution in [0.2, 0.25) is 0 Å². The summed E-state index contributed by atoms with van der Waals surface area (Å²) in [5.41, 5.74) is 5.32. The van der Waals surface area contributed by atoms with Crippen molar-refractivity contribution in [1.29, 1.82) is 0 Å². The predicted molar refractivity (Wildman–Crippen MR) is 140 cm³/mol. The number of dihydropyridines is 1. The first kappa shape index (κ1) is 23.4. The van der Waals surface area contributed by atoms with Crippen molar-refractivity contribution >= 4 is 23.3 Å². The molecule has 0 saturated carbocycles. The highest BCUT2D eigenvalue weighted by molar-refractivity contribution is 6.09. The number of nitrogens with zero attached hydrogens (tertiary/aromatic N) is 7. The monoisotopic (exact) mass is 474 g/mol. The van der Waals surface area contributed by atoms with Crippen LogP contribution in [0, 0.1) is 0 Å². The van der Waals surface area contributed by atoms with Crippen molar-refractivity contribution in [1.82, 2.24) is 24.5 Å². The Morgan fingerprint density at radius 2 is 1.86 bits per heavy atom. The Kier molecular flexibility index (Phi) is 7.06.